The fourth-order valence-corrected chi connectivity index (χ4v) is 2.51. The van der Waals surface area contributed by atoms with Crippen molar-refractivity contribution in [1.82, 2.24) is 4.90 Å². The maximum absolute atomic E-state index is 12.8. The Hall–Kier alpha value is -3.09. The lowest BCUT2D eigenvalue weighted by Crippen LogP contribution is -2.32. The minimum atomic E-state index is -0.503. The van der Waals surface area contributed by atoms with Crippen LogP contribution in [-0.2, 0) is 0 Å². The zero-order chi connectivity index (χ0) is 19.3. The molecule has 0 aliphatic carbocycles. The number of benzene rings is 2. The van der Waals surface area contributed by atoms with Crippen molar-refractivity contribution < 1.29 is 14.5 Å². The van der Waals surface area contributed by atoms with Gasteiger partial charge >= 0.3 is 0 Å². The predicted molar refractivity (Wildman–Crippen MR) is 101 cm³/mol. The van der Waals surface area contributed by atoms with Gasteiger partial charge < -0.3 is 14.5 Å². The van der Waals surface area contributed by atoms with Crippen LogP contribution < -0.4 is 9.64 Å². The van der Waals surface area contributed by atoms with Crippen LogP contribution in [0.2, 0.25) is 0 Å². The molecule has 0 radical (unpaired) electrons. The topological polar surface area (TPSA) is 75.9 Å². The lowest BCUT2D eigenvalue weighted by atomic mass is 10.1. The Morgan fingerprint density at radius 3 is 2.50 bits per heavy atom. The Labute approximate surface area is 152 Å². The minimum Gasteiger partial charge on any atom is -0.492 e. The Kier molecular flexibility index (Phi) is 6.16. The number of carbonyl (C=O) groups is 1. The molecular weight excluding hydrogens is 334 g/mol. The van der Waals surface area contributed by atoms with Crippen LogP contribution in [-0.4, -0.2) is 50.0 Å². The number of likely N-dealkylation sites (N-methyl/N-ethyl adjacent to an activating group) is 1. The van der Waals surface area contributed by atoms with Gasteiger partial charge in [0, 0.05) is 39.0 Å². The van der Waals surface area contributed by atoms with Crippen molar-refractivity contribution in [2.45, 2.75) is 6.92 Å². The van der Waals surface area contributed by atoms with Gasteiger partial charge in [0.25, 0.3) is 11.6 Å². The summed E-state index contributed by atoms with van der Waals surface area (Å²) >= 11 is 0. The number of hydrogen-bond acceptors (Lipinski definition) is 5. The third-order valence-corrected chi connectivity index (χ3v) is 3.93. The summed E-state index contributed by atoms with van der Waals surface area (Å²) in [5.41, 5.74) is 1.91. The van der Waals surface area contributed by atoms with Gasteiger partial charge in [-0.15, -0.1) is 0 Å². The highest BCUT2D eigenvalue weighted by Gasteiger charge is 2.20. The number of rotatable bonds is 7. The van der Waals surface area contributed by atoms with Crippen molar-refractivity contribution in [2.75, 3.05) is 39.2 Å². The number of amides is 1. The molecule has 0 N–H and O–H groups in total. The second-order valence-electron chi connectivity index (χ2n) is 6.24. The first-order valence-corrected chi connectivity index (χ1v) is 8.20. The maximum Gasteiger partial charge on any atom is 0.270 e. The highest BCUT2D eigenvalue weighted by Crippen LogP contribution is 2.25. The number of aryl methyl sites for hydroxylation is 1. The molecule has 1 amide bonds. The lowest BCUT2D eigenvalue weighted by Gasteiger charge is -2.22. The second-order valence-corrected chi connectivity index (χ2v) is 6.24. The summed E-state index contributed by atoms with van der Waals surface area (Å²) in [7, 11) is 5.23. The van der Waals surface area contributed by atoms with E-state index in [9.17, 15) is 14.9 Å². The minimum absolute atomic E-state index is 0.108. The highest BCUT2D eigenvalue weighted by atomic mass is 16.6. The van der Waals surface area contributed by atoms with Crippen LogP contribution in [0.5, 0.6) is 5.75 Å². The first-order chi connectivity index (χ1) is 12.3. The molecule has 0 aromatic heterocycles. The molecule has 0 saturated carbocycles. The molecule has 7 nitrogen and oxygen atoms in total. The smallest absolute Gasteiger partial charge is 0.270 e. The molecule has 0 unspecified atom stereocenters. The van der Waals surface area contributed by atoms with Gasteiger partial charge in [0.05, 0.1) is 17.0 Å². The molecular formula is C19H23N3O4. The molecule has 0 aliphatic heterocycles. The van der Waals surface area contributed by atoms with E-state index in [0.29, 0.717) is 24.4 Å². The molecule has 7 heteroatoms. The number of non-ortho nitro benzene ring substituents is 1. The standard InChI is InChI=1S/C19H23N3O4/c1-14-6-5-7-16(12-14)26-11-10-21(4)19(23)17-13-15(22(24)25)8-9-18(17)20(2)3/h5-9,12-13H,10-11H2,1-4H3. The van der Waals surface area contributed by atoms with Crippen molar-refractivity contribution in [1.29, 1.82) is 0 Å². The van der Waals surface area contributed by atoms with Crippen molar-refractivity contribution in [3.05, 3.63) is 63.7 Å². The van der Waals surface area contributed by atoms with E-state index in [-0.39, 0.29) is 11.6 Å². The summed E-state index contributed by atoms with van der Waals surface area (Å²) in [6.07, 6.45) is 0. The van der Waals surface area contributed by atoms with E-state index in [1.807, 2.05) is 31.2 Å². The lowest BCUT2D eigenvalue weighted by molar-refractivity contribution is -0.384. The quantitative estimate of drug-likeness (QED) is 0.562. The van der Waals surface area contributed by atoms with Crippen LogP contribution in [0.15, 0.2) is 42.5 Å². The predicted octanol–water partition coefficient (Wildman–Crippen LogP) is 3.12. The number of nitro groups is 1. The Bertz CT molecular complexity index is 805. The fraction of sp³-hybridized carbons (Fsp3) is 0.316. The van der Waals surface area contributed by atoms with E-state index in [0.717, 1.165) is 11.3 Å². The van der Waals surface area contributed by atoms with Crippen molar-refractivity contribution >= 4 is 17.3 Å². The molecule has 26 heavy (non-hydrogen) atoms. The molecule has 0 spiro atoms. The number of nitrogens with zero attached hydrogens (tertiary/aromatic N) is 3. The zero-order valence-corrected chi connectivity index (χ0v) is 15.4. The third kappa shape index (κ3) is 4.72. The number of nitro benzene ring substituents is 1. The maximum atomic E-state index is 12.8. The number of anilines is 1. The summed E-state index contributed by atoms with van der Waals surface area (Å²) in [5, 5.41) is 11.0. The molecule has 2 rings (SSSR count). The van der Waals surface area contributed by atoms with Gasteiger partial charge in [-0.1, -0.05) is 12.1 Å². The monoisotopic (exact) mass is 357 g/mol. The summed E-state index contributed by atoms with van der Waals surface area (Å²) in [5.74, 6) is 0.459. The third-order valence-electron chi connectivity index (χ3n) is 3.93. The number of hydrogen-bond donors (Lipinski definition) is 0. The molecule has 2 aromatic carbocycles. The molecule has 0 saturated heterocycles. The zero-order valence-electron chi connectivity index (χ0n) is 15.4. The van der Waals surface area contributed by atoms with E-state index < -0.39 is 4.92 Å². The van der Waals surface area contributed by atoms with Gasteiger partial charge in [0.1, 0.15) is 12.4 Å². The van der Waals surface area contributed by atoms with Gasteiger partial charge in [0.15, 0.2) is 0 Å². The van der Waals surface area contributed by atoms with Crippen LogP contribution >= 0.6 is 0 Å². The van der Waals surface area contributed by atoms with Crippen LogP contribution in [0.3, 0.4) is 0 Å². The van der Waals surface area contributed by atoms with Gasteiger partial charge in [0.2, 0.25) is 0 Å². The van der Waals surface area contributed by atoms with Crippen LogP contribution in [0.25, 0.3) is 0 Å². The van der Waals surface area contributed by atoms with E-state index in [4.69, 9.17) is 4.74 Å². The number of carbonyl (C=O) groups excluding carboxylic acids is 1. The largest absolute Gasteiger partial charge is 0.492 e. The van der Waals surface area contributed by atoms with E-state index in [1.165, 1.54) is 17.0 Å². The molecule has 0 bridgehead atoms. The Morgan fingerprint density at radius 2 is 1.88 bits per heavy atom. The fourth-order valence-electron chi connectivity index (χ4n) is 2.51. The van der Waals surface area contributed by atoms with Crippen LogP contribution in [0.4, 0.5) is 11.4 Å². The summed E-state index contributed by atoms with van der Waals surface area (Å²) in [6, 6.07) is 12.0. The first kappa shape index (κ1) is 19.2. The van der Waals surface area contributed by atoms with Gasteiger partial charge in [-0.3, -0.25) is 14.9 Å². The molecule has 138 valence electrons. The summed E-state index contributed by atoms with van der Waals surface area (Å²) < 4.78 is 5.67. The van der Waals surface area contributed by atoms with E-state index in [2.05, 4.69) is 0 Å². The van der Waals surface area contributed by atoms with Gasteiger partial charge in [-0.2, -0.15) is 0 Å². The molecule has 0 heterocycles. The Balaban J connectivity index is 2.09. The van der Waals surface area contributed by atoms with Crippen LogP contribution in [0, 0.1) is 17.0 Å². The van der Waals surface area contributed by atoms with Crippen molar-refractivity contribution in [2.24, 2.45) is 0 Å². The second kappa shape index (κ2) is 8.33. The van der Waals surface area contributed by atoms with Gasteiger partial charge in [-0.25, -0.2) is 0 Å². The molecule has 2 aromatic rings. The van der Waals surface area contributed by atoms with Crippen LogP contribution in [0.1, 0.15) is 15.9 Å². The molecule has 0 aliphatic rings. The van der Waals surface area contributed by atoms with Crippen molar-refractivity contribution in [3.8, 4) is 5.75 Å². The van der Waals surface area contributed by atoms with Crippen molar-refractivity contribution in [3.63, 3.8) is 0 Å². The summed E-state index contributed by atoms with van der Waals surface area (Å²) in [4.78, 5) is 26.5. The first-order valence-electron chi connectivity index (χ1n) is 8.20. The molecule has 0 fully saturated rings. The average Bonchev–Trinajstić information content (AvgIpc) is 2.60. The molecule has 0 atom stereocenters. The average molecular weight is 357 g/mol. The normalized spacial score (nSPS) is 10.3. The van der Waals surface area contributed by atoms with E-state index in [1.54, 1.807) is 32.1 Å². The SMILES string of the molecule is Cc1cccc(OCCN(C)C(=O)c2cc([N+](=O)[O-])ccc2N(C)C)c1. The highest BCUT2D eigenvalue weighted by molar-refractivity contribution is 6.00. The van der Waals surface area contributed by atoms with E-state index >= 15 is 0 Å². The summed E-state index contributed by atoms with van der Waals surface area (Å²) in [6.45, 7) is 2.67. The van der Waals surface area contributed by atoms with Gasteiger partial charge in [-0.05, 0) is 30.7 Å². The Morgan fingerprint density at radius 1 is 1.15 bits per heavy atom. The number of ether oxygens (including phenoxy) is 1.